The van der Waals surface area contributed by atoms with Gasteiger partial charge in [-0.15, -0.1) is 0 Å². The lowest BCUT2D eigenvalue weighted by Gasteiger charge is -2.30. The number of hydrogen-bond donors (Lipinski definition) is 0. The third kappa shape index (κ3) is 3.59. The molecule has 1 heterocycles. The number of carbonyl (C=O) groups is 2. The van der Waals surface area contributed by atoms with E-state index >= 15 is 0 Å². The summed E-state index contributed by atoms with van der Waals surface area (Å²) in [6, 6.07) is 7.37. The summed E-state index contributed by atoms with van der Waals surface area (Å²) >= 11 is 0. The minimum atomic E-state index is -0.426. The third-order valence-electron chi connectivity index (χ3n) is 3.38. The molecule has 0 atom stereocenters. The Morgan fingerprint density at radius 1 is 1.21 bits per heavy atom. The van der Waals surface area contributed by atoms with Gasteiger partial charge >= 0.3 is 5.97 Å². The highest BCUT2D eigenvalue weighted by Gasteiger charge is 2.27. The van der Waals surface area contributed by atoms with E-state index in [1.807, 2.05) is 19.1 Å². The second-order valence-electron chi connectivity index (χ2n) is 4.83. The second-order valence-corrected chi connectivity index (χ2v) is 4.83. The molecule has 1 aliphatic rings. The number of ether oxygens (including phenoxy) is 1. The Kier molecular flexibility index (Phi) is 4.25. The molecule has 0 N–H and O–H groups in total. The molecule has 0 spiro atoms. The molecule has 2 rings (SSSR count). The SMILES string of the molecule is [B]C(=O)N1CCC(C(=O)Oc2ccc(C)cc2)CC1. The van der Waals surface area contributed by atoms with Crippen LogP contribution in [-0.4, -0.2) is 37.6 Å². The fourth-order valence-electron chi connectivity index (χ4n) is 2.14. The van der Waals surface area contributed by atoms with Gasteiger partial charge in [-0.3, -0.25) is 9.59 Å². The molecular weight excluding hydrogens is 241 g/mol. The molecule has 4 nitrogen and oxygen atoms in total. The van der Waals surface area contributed by atoms with E-state index < -0.39 is 5.81 Å². The smallest absolute Gasteiger partial charge is 0.314 e. The molecule has 1 aromatic carbocycles. The van der Waals surface area contributed by atoms with Crippen LogP contribution < -0.4 is 4.74 Å². The highest BCUT2D eigenvalue weighted by molar-refractivity contribution is 6.56. The minimum Gasteiger partial charge on any atom is -0.426 e. The molecule has 0 unspecified atom stereocenters. The van der Waals surface area contributed by atoms with Crippen molar-refractivity contribution in [3.63, 3.8) is 0 Å². The van der Waals surface area contributed by atoms with Gasteiger partial charge in [0.15, 0.2) is 5.81 Å². The summed E-state index contributed by atoms with van der Waals surface area (Å²) in [5.41, 5.74) is 1.12. The maximum absolute atomic E-state index is 12.0. The van der Waals surface area contributed by atoms with E-state index in [9.17, 15) is 9.59 Å². The summed E-state index contributed by atoms with van der Waals surface area (Å²) in [5, 5.41) is 0. The fraction of sp³-hybridized carbons (Fsp3) is 0.429. The molecule has 1 aliphatic heterocycles. The average Bonchev–Trinajstić information content (AvgIpc) is 2.41. The molecule has 1 fully saturated rings. The molecule has 0 bridgehead atoms. The highest BCUT2D eigenvalue weighted by Crippen LogP contribution is 2.20. The number of benzene rings is 1. The first-order valence-electron chi connectivity index (χ1n) is 6.39. The van der Waals surface area contributed by atoms with Crippen molar-refractivity contribution in [2.24, 2.45) is 5.92 Å². The lowest BCUT2D eigenvalue weighted by atomic mass is 9.95. The molecular formula is C14H16BNO3. The summed E-state index contributed by atoms with van der Waals surface area (Å²) in [4.78, 5) is 24.5. The summed E-state index contributed by atoms with van der Waals surface area (Å²) < 4.78 is 5.33. The second kappa shape index (κ2) is 5.91. The van der Waals surface area contributed by atoms with E-state index in [-0.39, 0.29) is 11.9 Å². The number of piperidine rings is 1. The Morgan fingerprint density at radius 2 is 1.79 bits per heavy atom. The number of carbonyl (C=O) groups excluding carboxylic acids is 2. The zero-order chi connectivity index (χ0) is 13.8. The van der Waals surface area contributed by atoms with Crippen molar-refractivity contribution in [1.29, 1.82) is 0 Å². The van der Waals surface area contributed by atoms with Crippen LogP contribution in [0.15, 0.2) is 24.3 Å². The number of esters is 1. The van der Waals surface area contributed by atoms with Gasteiger partial charge in [0.1, 0.15) is 5.75 Å². The monoisotopic (exact) mass is 257 g/mol. The number of likely N-dealkylation sites (tertiary alicyclic amines) is 1. The molecule has 1 amide bonds. The van der Waals surface area contributed by atoms with Crippen LogP contribution in [0.25, 0.3) is 0 Å². The molecule has 19 heavy (non-hydrogen) atoms. The van der Waals surface area contributed by atoms with E-state index in [1.165, 1.54) is 0 Å². The summed E-state index contributed by atoms with van der Waals surface area (Å²) in [6.07, 6.45) is 1.21. The van der Waals surface area contributed by atoms with Gasteiger partial charge in [0, 0.05) is 13.1 Å². The Labute approximate surface area is 114 Å². The quantitative estimate of drug-likeness (QED) is 0.462. The van der Waals surface area contributed by atoms with E-state index in [4.69, 9.17) is 12.6 Å². The Morgan fingerprint density at radius 3 is 2.32 bits per heavy atom. The van der Waals surface area contributed by atoms with Crippen LogP contribution in [0.3, 0.4) is 0 Å². The van der Waals surface area contributed by atoms with Gasteiger partial charge < -0.3 is 9.64 Å². The normalized spacial score (nSPS) is 16.2. The molecule has 1 saturated heterocycles. The zero-order valence-electron chi connectivity index (χ0n) is 11.0. The van der Waals surface area contributed by atoms with E-state index in [2.05, 4.69) is 0 Å². The summed E-state index contributed by atoms with van der Waals surface area (Å²) in [5.74, 6) is -0.247. The molecule has 0 aromatic heterocycles. The molecule has 2 radical (unpaired) electrons. The van der Waals surface area contributed by atoms with Crippen molar-refractivity contribution in [1.82, 2.24) is 4.90 Å². The lowest BCUT2D eigenvalue weighted by Crippen LogP contribution is -2.40. The fourth-order valence-corrected chi connectivity index (χ4v) is 2.14. The van der Waals surface area contributed by atoms with Gasteiger partial charge in [-0.25, -0.2) is 0 Å². The van der Waals surface area contributed by atoms with Gasteiger partial charge in [-0.05, 0) is 31.9 Å². The number of aryl methyl sites for hydroxylation is 1. The van der Waals surface area contributed by atoms with Crippen molar-refractivity contribution in [3.05, 3.63) is 29.8 Å². The van der Waals surface area contributed by atoms with Gasteiger partial charge in [0.05, 0.1) is 5.92 Å². The van der Waals surface area contributed by atoms with Gasteiger partial charge in [-0.1, -0.05) is 17.7 Å². The molecule has 1 aromatic rings. The largest absolute Gasteiger partial charge is 0.426 e. The third-order valence-corrected chi connectivity index (χ3v) is 3.38. The van der Waals surface area contributed by atoms with Crippen molar-refractivity contribution in [2.75, 3.05) is 13.1 Å². The van der Waals surface area contributed by atoms with Crippen LogP contribution in [0.2, 0.25) is 0 Å². The maximum Gasteiger partial charge on any atom is 0.314 e. The van der Waals surface area contributed by atoms with Crippen molar-refractivity contribution in [2.45, 2.75) is 19.8 Å². The Bertz CT molecular complexity index is 464. The number of amides is 1. The molecule has 5 heteroatoms. The Balaban J connectivity index is 1.88. The van der Waals surface area contributed by atoms with Gasteiger partial charge in [-0.2, -0.15) is 0 Å². The highest BCUT2D eigenvalue weighted by atomic mass is 16.5. The van der Waals surface area contributed by atoms with Crippen LogP contribution in [0.5, 0.6) is 5.75 Å². The van der Waals surface area contributed by atoms with Crippen LogP contribution in [0.4, 0.5) is 4.79 Å². The lowest BCUT2D eigenvalue weighted by molar-refractivity contribution is -0.140. The predicted octanol–water partition coefficient (Wildman–Crippen LogP) is 1.90. The first-order chi connectivity index (χ1) is 9.06. The predicted molar refractivity (Wildman–Crippen MR) is 72.3 cm³/mol. The molecule has 98 valence electrons. The standard InChI is InChI=1S/C14H16BNO3/c1-10-2-4-12(5-3-10)19-13(17)11-6-8-16(9-7-11)14(15)18/h2-5,11H,6-9H2,1H3. The van der Waals surface area contributed by atoms with Crippen molar-refractivity contribution >= 4 is 19.6 Å². The summed E-state index contributed by atoms with van der Waals surface area (Å²) in [6.45, 7) is 3.01. The maximum atomic E-state index is 12.0. The topological polar surface area (TPSA) is 46.6 Å². The van der Waals surface area contributed by atoms with Crippen molar-refractivity contribution < 1.29 is 14.3 Å². The van der Waals surface area contributed by atoms with Crippen LogP contribution in [-0.2, 0) is 4.79 Å². The van der Waals surface area contributed by atoms with Gasteiger partial charge in [0.2, 0.25) is 7.85 Å². The van der Waals surface area contributed by atoms with Crippen LogP contribution >= 0.6 is 0 Å². The van der Waals surface area contributed by atoms with E-state index in [0.717, 1.165) is 5.56 Å². The summed E-state index contributed by atoms with van der Waals surface area (Å²) in [7, 11) is 5.20. The van der Waals surface area contributed by atoms with E-state index in [0.29, 0.717) is 31.7 Å². The number of hydrogen-bond acceptors (Lipinski definition) is 3. The van der Waals surface area contributed by atoms with Crippen molar-refractivity contribution in [3.8, 4) is 5.75 Å². The number of nitrogens with zero attached hydrogens (tertiary/aromatic N) is 1. The first kappa shape index (κ1) is 13.7. The van der Waals surface area contributed by atoms with E-state index in [1.54, 1.807) is 17.0 Å². The Hall–Kier alpha value is -1.78. The molecule has 0 aliphatic carbocycles. The molecule has 0 saturated carbocycles. The average molecular weight is 257 g/mol. The number of rotatable bonds is 2. The minimum absolute atomic E-state index is 0.156. The first-order valence-corrected chi connectivity index (χ1v) is 6.39. The van der Waals surface area contributed by atoms with Crippen LogP contribution in [0, 0.1) is 12.8 Å². The van der Waals surface area contributed by atoms with Crippen LogP contribution in [0.1, 0.15) is 18.4 Å². The van der Waals surface area contributed by atoms with Gasteiger partial charge in [0.25, 0.3) is 0 Å². The zero-order valence-corrected chi connectivity index (χ0v) is 11.0.